The number of carbonyl (C=O) groups is 1. The molecule has 2 unspecified atom stereocenters. The third-order valence-electron chi connectivity index (χ3n) is 2.08. The second-order valence-electron chi connectivity index (χ2n) is 2.87. The predicted octanol–water partition coefficient (Wildman–Crippen LogP) is 1.46. The third-order valence-corrected chi connectivity index (χ3v) is 4.44. The third kappa shape index (κ3) is 2.30. The maximum Gasteiger partial charge on any atom is 0.345 e. The molecule has 2 atom stereocenters. The zero-order chi connectivity index (χ0) is 10.7. The van der Waals surface area contributed by atoms with E-state index in [2.05, 4.69) is 4.52 Å². The molecule has 0 aliphatic rings. The van der Waals surface area contributed by atoms with Crippen molar-refractivity contribution in [2.24, 2.45) is 0 Å². The Hall–Kier alpha value is -0.380. The largest absolute Gasteiger partial charge is 0.480 e. The maximum absolute atomic E-state index is 11.5. The first kappa shape index (κ1) is 12.6. The Kier molecular flexibility index (Phi) is 4.10. The molecule has 0 aliphatic heterocycles. The lowest BCUT2D eigenvalue weighted by atomic mass is 10.1. The van der Waals surface area contributed by atoms with Crippen LogP contribution in [-0.2, 0) is 13.9 Å². The lowest BCUT2D eigenvalue weighted by molar-refractivity contribution is -0.140. The molecule has 0 aromatic heterocycles. The van der Waals surface area contributed by atoms with Gasteiger partial charge in [0.1, 0.15) is 0 Å². The van der Waals surface area contributed by atoms with E-state index in [0.29, 0.717) is 0 Å². The van der Waals surface area contributed by atoms with Gasteiger partial charge in [0.25, 0.3) is 0 Å². The average Bonchev–Trinajstić information content (AvgIpc) is 2.02. The van der Waals surface area contributed by atoms with Crippen LogP contribution in [0.25, 0.3) is 0 Å². The van der Waals surface area contributed by atoms with Gasteiger partial charge >= 0.3 is 13.6 Å². The van der Waals surface area contributed by atoms with Crippen molar-refractivity contribution in [3.05, 3.63) is 0 Å². The first-order valence-corrected chi connectivity index (χ1v) is 5.60. The summed E-state index contributed by atoms with van der Waals surface area (Å²) in [5.41, 5.74) is 0. The smallest absolute Gasteiger partial charge is 0.345 e. The highest BCUT2D eigenvalue weighted by molar-refractivity contribution is 7.55. The van der Waals surface area contributed by atoms with Crippen LogP contribution in [0.4, 0.5) is 0 Å². The molecule has 0 aliphatic carbocycles. The Morgan fingerprint density at radius 1 is 1.54 bits per heavy atom. The first-order valence-electron chi connectivity index (χ1n) is 4.02. The Labute approximate surface area is 77.3 Å². The second kappa shape index (κ2) is 4.22. The Balaban J connectivity index is 4.95. The average molecular weight is 210 g/mol. The molecule has 0 rings (SSSR count). The molecule has 13 heavy (non-hydrogen) atoms. The molecule has 0 fully saturated rings. The van der Waals surface area contributed by atoms with E-state index in [1.54, 1.807) is 6.92 Å². The van der Waals surface area contributed by atoms with Gasteiger partial charge in [-0.15, -0.1) is 0 Å². The summed E-state index contributed by atoms with van der Waals surface area (Å²) >= 11 is 0. The van der Waals surface area contributed by atoms with Crippen LogP contribution in [0.15, 0.2) is 0 Å². The van der Waals surface area contributed by atoms with Gasteiger partial charge in [0.05, 0.1) is 6.61 Å². The minimum absolute atomic E-state index is 0.0245. The molecule has 0 aromatic rings. The normalized spacial score (nSPS) is 20.3. The van der Waals surface area contributed by atoms with Crippen LogP contribution in [0.3, 0.4) is 0 Å². The molecule has 6 heteroatoms. The number of rotatable bonds is 5. The van der Waals surface area contributed by atoms with Gasteiger partial charge in [-0.1, -0.05) is 6.92 Å². The van der Waals surface area contributed by atoms with Gasteiger partial charge in [-0.05, 0) is 20.3 Å². The molecular formula is C7H15O5P. The van der Waals surface area contributed by atoms with Crippen molar-refractivity contribution in [1.82, 2.24) is 0 Å². The summed E-state index contributed by atoms with van der Waals surface area (Å²) in [6, 6.07) is 0. The van der Waals surface area contributed by atoms with Crippen LogP contribution in [0, 0.1) is 0 Å². The summed E-state index contributed by atoms with van der Waals surface area (Å²) in [5.74, 6) is -1.31. The van der Waals surface area contributed by atoms with Gasteiger partial charge in [0, 0.05) is 0 Å². The van der Waals surface area contributed by atoms with Crippen molar-refractivity contribution in [1.29, 1.82) is 0 Å². The number of carboxylic acids is 1. The van der Waals surface area contributed by atoms with Crippen LogP contribution in [0.1, 0.15) is 27.2 Å². The van der Waals surface area contributed by atoms with E-state index in [1.165, 1.54) is 13.8 Å². The molecule has 0 saturated heterocycles. The minimum Gasteiger partial charge on any atom is -0.480 e. The molecule has 0 saturated carbocycles. The quantitative estimate of drug-likeness (QED) is 0.671. The van der Waals surface area contributed by atoms with E-state index >= 15 is 0 Å². The summed E-state index contributed by atoms with van der Waals surface area (Å²) in [5, 5.41) is 7.08. The Morgan fingerprint density at radius 2 is 2.00 bits per heavy atom. The molecule has 0 bridgehead atoms. The van der Waals surface area contributed by atoms with Gasteiger partial charge in [0.15, 0.2) is 5.16 Å². The van der Waals surface area contributed by atoms with Crippen LogP contribution in [0.5, 0.6) is 0 Å². The fraction of sp³-hybridized carbons (Fsp3) is 0.857. The van der Waals surface area contributed by atoms with E-state index in [1.807, 2.05) is 0 Å². The summed E-state index contributed by atoms with van der Waals surface area (Å²) in [6.07, 6.45) is 0.0517. The molecule has 0 radical (unpaired) electrons. The van der Waals surface area contributed by atoms with Crippen LogP contribution >= 0.6 is 7.60 Å². The van der Waals surface area contributed by atoms with Gasteiger partial charge in [-0.2, -0.15) is 0 Å². The van der Waals surface area contributed by atoms with Gasteiger partial charge in [-0.25, -0.2) is 0 Å². The molecule has 5 nitrogen and oxygen atoms in total. The highest BCUT2D eigenvalue weighted by Gasteiger charge is 2.49. The second-order valence-corrected chi connectivity index (χ2v) is 5.16. The van der Waals surface area contributed by atoms with E-state index in [-0.39, 0.29) is 13.0 Å². The fourth-order valence-electron chi connectivity index (χ4n) is 0.789. The number of carboxylic acid groups (broad SMARTS) is 1. The summed E-state index contributed by atoms with van der Waals surface area (Å²) in [7, 11) is -4.07. The van der Waals surface area contributed by atoms with Gasteiger partial charge < -0.3 is 14.5 Å². The van der Waals surface area contributed by atoms with Crippen molar-refractivity contribution in [2.45, 2.75) is 32.3 Å². The summed E-state index contributed by atoms with van der Waals surface area (Å²) in [4.78, 5) is 20.1. The molecule has 78 valence electrons. The molecule has 0 aromatic carbocycles. The highest BCUT2D eigenvalue weighted by Crippen LogP contribution is 2.56. The highest BCUT2D eigenvalue weighted by atomic mass is 31.2. The van der Waals surface area contributed by atoms with Crippen molar-refractivity contribution < 1.29 is 23.9 Å². The fourth-order valence-corrected chi connectivity index (χ4v) is 2.07. The molecular weight excluding hydrogens is 195 g/mol. The summed E-state index contributed by atoms with van der Waals surface area (Å²) < 4.78 is 16.0. The van der Waals surface area contributed by atoms with Crippen LogP contribution < -0.4 is 0 Å². The van der Waals surface area contributed by atoms with Crippen molar-refractivity contribution in [2.75, 3.05) is 6.61 Å². The molecule has 0 spiro atoms. The van der Waals surface area contributed by atoms with E-state index < -0.39 is 18.7 Å². The minimum atomic E-state index is -4.07. The molecule has 0 heterocycles. The molecule has 2 N–H and O–H groups in total. The van der Waals surface area contributed by atoms with Crippen molar-refractivity contribution in [3.8, 4) is 0 Å². The first-order chi connectivity index (χ1) is 5.81. The van der Waals surface area contributed by atoms with E-state index in [0.717, 1.165) is 0 Å². The Bertz CT molecular complexity index is 239. The standard InChI is InChI=1S/C7H15O5P/c1-4-7(3,6(8)9)13(10,11)12-5-2/h4-5H2,1-3H3,(H,8,9)(H,10,11). The zero-order valence-corrected chi connectivity index (χ0v) is 8.88. The monoisotopic (exact) mass is 210 g/mol. The van der Waals surface area contributed by atoms with Gasteiger partial charge in [-0.3, -0.25) is 9.36 Å². The SMILES string of the molecule is CCOP(=O)(O)C(C)(CC)C(=O)O. The van der Waals surface area contributed by atoms with Crippen LogP contribution in [-0.4, -0.2) is 27.7 Å². The predicted molar refractivity (Wildman–Crippen MR) is 47.8 cm³/mol. The number of aliphatic carboxylic acids is 1. The van der Waals surface area contributed by atoms with Gasteiger partial charge in [0.2, 0.25) is 0 Å². The van der Waals surface area contributed by atoms with Crippen LogP contribution in [0.2, 0.25) is 0 Å². The summed E-state index contributed by atoms with van der Waals surface area (Å²) in [6.45, 7) is 4.32. The maximum atomic E-state index is 11.5. The molecule has 0 amide bonds. The van der Waals surface area contributed by atoms with Crippen molar-refractivity contribution >= 4 is 13.6 Å². The zero-order valence-electron chi connectivity index (χ0n) is 7.98. The van der Waals surface area contributed by atoms with E-state index in [4.69, 9.17) is 5.11 Å². The lowest BCUT2D eigenvalue weighted by Crippen LogP contribution is -2.35. The van der Waals surface area contributed by atoms with E-state index in [9.17, 15) is 14.3 Å². The lowest BCUT2D eigenvalue weighted by Gasteiger charge is -2.27. The van der Waals surface area contributed by atoms with Crippen molar-refractivity contribution in [3.63, 3.8) is 0 Å². The number of hydrogen-bond acceptors (Lipinski definition) is 3. The number of hydrogen-bond donors (Lipinski definition) is 2. The Morgan fingerprint density at radius 3 is 2.23 bits per heavy atom. The topological polar surface area (TPSA) is 83.8 Å².